The van der Waals surface area contributed by atoms with E-state index in [0.717, 1.165) is 5.56 Å². The van der Waals surface area contributed by atoms with Gasteiger partial charge in [0, 0.05) is 18.7 Å². The summed E-state index contributed by atoms with van der Waals surface area (Å²) in [5, 5.41) is 8.42. The minimum absolute atomic E-state index is 0.0415. The van der Waals surface area contributed by atoms with E-state index in [-0.39, 0.29) is 30.7 Å². The Kier molecular flexibility index (Phi) is 4.73. The fourth-order valence-corrected chi connectivity index (χ4v) is 3.68. The third-order valence-electron chi connectivity index (χ3n) is 4.12. The van der Waals surface area contributed by atoms with E-state index in [1.54, 1.807) is 12.1 Å². The second kappa shape index (κ2) is 7.16. The van der Waals surface area contributed by atoms with Crippen LogP contribution in [0.3, 0.4) is 0 Å². The number of nitrogens with zero attached hydrogens (tertiary/aromatic N) is 3. The Balaban J connectivity index is 1.37. The number of fused-ring (bicyclic) bond motifs is 1. The fourth-order valence-electron chi connectivity index (χ4n) is 3.01. The van der Waals surface area contributed by atoms with E-state index in [1.807, 2.05) is 24.8 Å². The number of rotatable bonds is 4. The standard InChI is InChI=1S/C17H19N3O5S/c1-10-6-20(7-11(2)24-10)15(21)8-26-17-19-18-16(25-17)12-3-4-13-14(5-12)23-9-22-13/h3-5,10-11H,6-9H2,1-2H3/t10-,11-/m1/s1. The summed E-state index contributed by atoms with van der Waals surface area (Å²) >= 11 is 1.24. The highest BCUT2D eigenvalue weighted by molar-refractivity contribution is 7.99. The summed E-state index contributed by atoms with van der Waals surface area (Å²) in [6, 6.07) is 5.43. The van der Waals surface area contributed by atoms with E-state index in [4.69, 9.17) is 18.6 Å². The van der Waals surface area contributed by atoms with E-state index in [2.05, 4.69) is 10.2 Å². The zero-order valence-electron chi connectivity index (χ0n) is 14.5. The number of morpholine rings is 1. The van der Waals surface area contributed by atoms with Crippen molar-refractivity contribution in [1.29, 1.82) is 0 Å². The quantitative estimate of drug-likeness (QED) is 0.750. The molecule has 1 amide bonds. The average molecular weight is 377 g/mol. The molecular weight excluding hydrogens is 358 g/mol. The maximum Gasteiger partial charge on any atom is 0.277 e. The largest absolute Gasteiger partial charge is 0.454 e. The molecule has 26 heavy (non-hydrogen) atoms. The highest BCUT2D eigenvalue weighted by atomic mass is 32.2. The van der Waals surface area contributed by atoms with Crippen LogP contribution in [0, 0.1) is 0 Å². The predicted molar refractivity (Wildman–Crippen MR) is 93.2 cm³/mol. The summed E-state index contributed by atoms with van der Waals surface area (Å²) in [5.74, 6) is 2.03. The van der Waals surface area contributed by atoms with Gasteiger partial charge in [-0.05, 0) is 32.0 Å². The van der Waals surface area contributed by atoms with Gasteiger partial charge in [0.1, 0.15) is 0 Å². The number of hydrogen-bond donors (Lipinski definition) is 0. The van der Waals surface area contributed by atoms with Crippen LogP contribution >= 0.6 is 11.8 Å². The summed E-state index contributed by atoms with van der Waals surface area (Å²) in [6.45, 7) is 5.37. The molecule has 0 N–H and O–H groups in total. The molecule has 2 atom stereocenters. The highest BCUT2D eigenvalue weighted by Crippen LogP contribution is 2.36. The van der Waals surface area contributed by atoms with Crippen LogP contribution in [0.1, 0.15) is 13.8 Å². The van der Waals surface area contributed by atoms with Gasteiger partial charge in [-0.1, -0.05) is 11.8 Å². The van der Waals surface area contributed by atoms with Crippen LogP contribution in [0.2, 0.25) is 0 Å². The lowest BCUT2D eigenvalue weighted by atomic mass is 10.2. The first-order valence-corrected chi connectivity index (χ1v) is 9.36. The van der Waals surface area contributed by atoms with Crippen LogP contribution < -0.4 is 9.47 Å². The number of ether oxygens (including phenoxy) is 3. The van der Waals surface area contributed by atoms with Crippen molar-refractivity contribution in [1.82, 2.24) is 15.1 Å². The van der Waals surface area contributed by atoms with Crippen LogP contribution in [-0.2, 0) is 9.53 Å². The molecule has 2 aliphatic heterocycles. The molecule has 1 aromatic carbocycles. The number of thioether (sulfide) groups is 1. The van der Waals surface area contributed by atoms with Gasteiger partial charge in [0.05, 0.1) is 18.0 Å². The van der Waals surface area contributed by atoms with Crippen molar-refractivity contribution in [3.05, 3.63) is 18.2 Å². The maximum absolute atomic E-state index is 12.4. The molecule has 8 nitrogen and oxygen atoms in total. The summed E-state index contributed by atoms with van der Waals surface area (Å²) in [7, 11) is 0. The van der Waals surface area contributed by atoms with Gasteiger partial charge in [-0.3, -0.25) is 4.79 Å². The van der Waals surface area contributed by atoms with Crippen LogP contribution in [0.4, 0.5) is 0 Å². The minimum atomic E-state index is 0.0415. The van der Waals surface area contributed by atoms with Gasteiger partial charge in [-0.2, -0.15) is 0 Å². The molecule has 1 fully saturated rings. The van der Waals surface area contributed by atoms with Gasteiger partial charge in [0.15, 0.2) is 11.5 Å². The van der Waals surface area contributed by atoms with Gasteiger partial charge in [0.2, 0.25) is 18.6 Å². The first-order valence-electron chi connectivity index (χ1n) is 8.38. The van der Waals surface area contributed by atoms with E-state index in [0.29, 0.717) is 35.7 Å². The molecule has 1 saturated heterocycles. The monoisotopic (exact) mass is 377 g/mol. The maximum atomic E-state index is 12.4. The highest BCUT2D eigenvalue weighted by Gasteiger charge is 2.26. The van der Waals surface area contributed by atoms with Crippen molar-refractivity contribution in [2.45, 2.75) is 31.3 Å². The topological polar surface area (TPSA) is 86.9 Å². The number of benzene rings is 1. The normalized spacial score (nSPS) is 21.8. The van der Waals surface area contributed by atoms with E-state index in [1.165, 1.54) is 11.8 Å². The van der Waals surface area contributed by atoms with Gasteiger partial charge < -0.3 is 23.5 Å². The second-order valence-corrected chi connectivity index (χ2v) is 7.21. The molecule has 4 rings (SSSR count). The first kappa shape index (κ1) is 17.2. The van der Waals surface area contributed by atoms with Crippen LogP contribution in [0.15, 0.2) is 27.8 Å². The molecule has 2 aromatic rings. The molecule has 138 valence electrons. The number of carbonyl (C=O) groups is 1. The lowest BCUT2D eigenvalue weighted by molar-refractivity contribution is -0.140. The van der Waals surface area contributed by atoms with Crippen molar-refractivity contribution >= 4 is 17.7 Å². The third kappa shape index (κ3) is 3.63. The summed E-state index contributed by atoms with van der Waals surface area (Å²) < 4.78 is 22.0. The van der Waals surface area contributed by atoms with Crippen molar-refractivity contribution < 1.29 is 23.4 Å². The van der Waals surface area contributed by atoms with Crippen LogP contribution in [0.5, 0.6) is 11.5 Å². The van der Waals surface area contributed by atoms with Crippen LogP contribution in [-0.4, -0.2) is 58.8 Å². The molecule has 0 unspecified atom stereocenters. The van der Waals surface area contributed by atoms with Crippen molar-refractivity contribution in [3.8, 4) is 23.0 Å². The molecule has 2 aliphatic rings. The van der Waals surface area contributed by atoms with Crippen molar-refractivity contribution in [2.75, 3.05) is 25.6 Å². The number of carbonyl (C=O) groups excluding carboxylic acids is 1. The second-order valence-electron chi connectivity index (χ2n) is 6.29. The third-order valence-corrected chi connectivity index (χ3v) is 4.92. The summed E-state index contributed by atoms with van der Waals surface area (Å²) in [5.41, 5.74) is 0.746. The zero-order valence-corrected chi connectivity index (χ0v) is 15.3. The molecule has 0 saturated carbocycles. The molecule has 0 bridgehead atoms. The van der Waals surface area contributed by atoms with Crippen LogP contribution in [0.25, 0.3) is 11.5 Å². The van der Waals surface area contributed by atoms with E-state index in [9.17, 15) is 4.79 Å². The Labute approximate surface area is 154 Å². The molecule has 0 radical (unpaired) electrons. The summed E-state index contributed by atoms with van der Waals surface area (Å²) in [6.07, 6.45) is 0.0995. The molecule has 9 heteroatoms. The number of aromatic nitrogens is 2. The fraction of sp³-hybridized carbons (Fsp3) is 0.471. The summed E-state index contributed by atoms with van der Waals surface area (Å²) in [4.78, 5) is 14.2. The van der Waals surface area contributed by atoms with Gasteiger partial charge in [-0.25, -0.2) is 0 Å². The lowest BCUT2D eigenvalue weighted by Crippen LogP contribution is -2.48. The zero-order chi connectivity index (χ0) is 18.1. The van der Waals surface area contributed by atoms with E-state index >= 15 is 0 Å². The van der Waals surface area contributed by atoms with Gasteiger partial charge >= 0.3 is 0 Å². The molecule has 0 spiro atoms. The Hall–Kier alpha value is -2.26. The Bertz CT molecular complexity index is 801. The lowest BCUT2D eigenvalue weighted by Gasteiger charge is -2.35. The van der Waals surface area contributed by atoms with Crippen molar-refractivity contribution in [2.24, 2.45) is 0 Å². The Morgan fingerprint density at radius 3 is 2.77 bits per heavy atom. The Morgan fingerprint density at radius 1 is 1.19 bits per heavy atom. The number of hydrogen-bond acceptors (Lipinski definition) is 8. The average Bonchev–Trinajstić information content (AvgIpc) is 3.27. The predicted octanol–water partition coefficient (Wildman–Crippen LogP) is 2.19. The smallest absolute Gasteiger partial charge is 0.277 e. The van der Waals surface area contributed by atoms with Gasteiger partial charge in [0.25, 0.3) is 5.22 Å². The molecule has 0 aliphatic carbocycles. The molecule has 1 aromatic heterocycles. The SMILES string of the molecule is C[C@@H]1CN(C(=O)CSc2nnc(-c3ccc4c(c3)OCO4)o2)C[C@@H](C)O1. The first-order chi connectivity index (χ1) is 12.6. The Morgan fingerprint density at radius 2 is 1.96 bits per heavy atom. The molecular formula is C17H19N3O5S. The molecule has 3 heterocycles. The number of amides is 1. The minimum Gasteiger partial charge on any atom is -0.454 e. The van der Waals surface area contributed by atoms with Crippen molar-refractivity contribution in [3.63, 3.8) is 0 Å². The van der Waals surface area contributed by atoms with E-state index < -0.39 is 0 Å². The van der Waals surface area contributed by atoms with Gasteiger partial charge in [-0.15, -0.1) is 10.2 Å².